The van der Waals surface area contributed by atoms with Gasteiger partial charge in [0.1, 0.15) is 11.8 Å². The summed E-state index contributed by atoms with van der Waals surface area (Å²) in [5.41, 5.74) is 2.38. The van der Waals surface area contributed by atoms with E-state index in [0.717, 1.165) is 11.0 Å². The normalized spacial score (nSPS) is 22.6. The zero-order valence-electron chi connectivity index (χ0n) is 15.6. The first-order valence-electron chi connectivity index (χ1n) is 9.37. The molecule has 0 amide bonds. The molecule has 29 heavy (non-hydrogen) atoms. The minimum Gasteiger partial charge on any atom is -0.390 e. The van der Waals surface area contributed by atoms with Gasteiger partial charge in [-0.05, 0) is 37.5 Å². The highest BCUT2D eigenvalue weighted by molar-refractivity contribution is 6.31. The van der Waals surface area contributed by atoms with Crippen molar-refractivity contribution >= 4 is 33.8 Å². The van der Waals surface area contributed by atoms with E-state index in [1.807, 2.05) is 6.07 Å². The maximum Gasteiger partial charge on any atom is 0.330 e. The summed E-state index contributed by atoms with van der Waals surface area (Å²) < 4.78 is 4.82. The third-order valence-corrected chi connectivity index (χ3v) is 5.90. The van der Waals surface area contributed by atoms with Crippen LogP contribution < -0.4 is 5.69 Å². The average Bonchev–Trinajstić information content (AvgIpc) is 3.23. The lowest BCUT2D eigenvalue weighted by molar-refractivity contribution is -0.0230. The maximum atomic E-state index is 12.9. The van der Waals surface area contributed by atoms with Crippen LogP contribution >= 0.6 is 11.6 Å². The highest BCUT2D eigenvalue weighted by Crippen LogP contribution is 2.30. The number of hydrogen-bond acceptors (Lipinski definition) is 6. The molecule has 0 spiro atoms. The molecule has 10 heteroatoms. The Morgan fingerprint density at radius 3 is 2.76 bits per heavy atom. The Morgan fingerprint density at radius 2 is 1.97 bits per heavy atom. The van der Waals surface area contributed by atoms with Gasteiger partial charge in [0, 0.05) is 18.1 Å². The zero-order valence-corrected chi connectivity index (χ0v) is 16.4. The summed E-state index contributed by atoms with van der Waals surface area (Å²) in [4.78, 5) is 26.4. The molecule has 4 aromatic rings. The molecule has 5 rings (SSSR count). The fourth-order valence-corrected chi connectivity index (χ4v) is 4.22. The molecular formula is C19H19ClN6O3. The molecule has 2 N–H and O–H groups in total. The van der Waals surface area contributed by atoms with Crippen molar-refractivity contribution in [3.8, 4) is 5.95 Å². The standard InChI is InChI=1S/C19H19ClN6O3/c1-24-14-8-21-18(25-9-22-12-4-2-10(20)6-13(12)25)23-17(14)26(19(24)29)11-3-5-15(27)16(28)7-11/h2,4,6,8-9,11,15-16,27-28H,3,5,7H2,1H3/t11-,15-,16+/m1/s1. The number of aliphatic hydroxyl groups is 2. The fraction of sp³-hybridized carbons (Fsp3) is 0.368. The SMILES string of the molecule is Cn1c(=O)n([C@@H]2CC[C@@H](O)[C@@H](O)C2)c2nc(-n3cnc4ccc(Cl)cc43)ncc21. The van der Waals surface area contributed by atoms with Gasteiger partial charge in [-0.1, -0.05) is 11.6 Å². The molecule has 0 saturated heterocycles. The summed E-state index contributed by atoms with van der Waals surface area (Å²) in [6.45, 7) is 0. The minimum atomic E-state index is -0.864. The van der Waals surface area contributed by atoms with E-state index in [2.05, 4.69) is 15.0 Å². The van der Waals surface area contributed by atoms with Crippen molar-refractivity contribution in [3.05, 3.63) is 46.2 Å². The summed E-state index contributed by atoms with van der Waals surface area (Å²) >= 11 is 6.13. The molecule has 3 aromatic heterocycles. The van der Waals surface area contributed by atoms with E-state index in [1.165, 1.54) is 4.57 Å². The lowest BCUT2D eigenvalue weighted by Gasteiger charge is -2.30. The molecule has 1 saturated carbocycles. The van der Waals surface area contributed by atoms with Crippen LogP contribution in [0.3, 0.4) is 0 Å². The van der Waals surface area contributed by atoms with E-state index >= 15 is 0 Å². The Balaban J connectivity index is 1.68. The van der Waals surface area contributed by atoms with Crippen LogP contribution in [-0.2, 0) is 7.05 Å². The molecule has 0 bridgehead atoms. The maximum absolute atomic E-state index is 12.9. The van der Waals surface area contributed by atoms with Gasteiger partial charge in [0.15, 0.2) is 5.65 Å². The van der Waals surface area contributed by atoms with Crippen LogP contribution in [0.4, 0.5) is 0 Å². The third-order valence-electron chi connectivity index (χ3n) is 5.66. The summed E-state index contributed by atoms with van der Waals surface area (Å²) in [6, 6.07) is 5.12. The number of imidazole rings is 2. The van der Waals surface area contributed by atoms with Crippen LogP contribution in [0, 0.1) is 0 Å². The Labute approximate surface area is 169 Å². The lowest BCUT2D eigenvalue weighted by atomic mass is 9.90. The van der Waals surface area contributed by atoms with Crippen molar-refractivity contribution < 1.29 is 10.2 Å². The quantitative estimate of drug-likeness (QED) is 0.515. The molecule has 3 heterocycles. The average molecular weight is 415 g/mol. The number of aliphatic hydroxyl groups excluding tert-OH is 2. The van der Waals surface area contributed by atoms with E-state index in [-0.39, 0.29) is 11.7 Å². The summed E-state index contributed by atoms with van der Waals surface area (Å²) in [6.07, 6.45) is 2.91. The summed E-state index contributed by atoms with van der Waals surface area (Å²) in [7, 11) is 1.67. The number of halogens is 1. The molecule has 0 radical (unpaired) electrons. The van der Waals surface area contributed by atoms with Gasteiger partial charge in [-0.25, -0.2) is 14.8 Å². The number of hydrogen-bond donors (Lipinski definition) is 2. The number of aryl methyl sites for hydroxylation is 1. The highest BCUT2D eigenvalue weighted by atomic mass is 35.5. The number of rotatable bonds is 2. The van der Waals surface area contributed by atoms with Crippen LogP contribution in [0.5, 0.6) is 0 Å². The van der Waals surface area contributed by atoms with Gasteiger partial charge in [0.25, 0.3) is 0 Å². The Kier molecular flexibility index (Phi) is 4.19. The molecule has 0 aliphatic heterocycles. The van der Waals surface area contributed by atoms with Gasteiger partial charge in [-0.3, -0.25) is 13.7 Å². The zero-order chi connectivity index (χ0) is 20.3. The van der Waals surface area contributed by atoms with Gasteiger partial charge in [-0.15, -0.1) is 0 Å². The van der Waals surface area contributed by atoms with Crippen LogP contribution in [0.1, 0.15) is 25.3 Å². The first-order valence-corrected chi connectivity index (χ1v) is 9.75. The van der Waals surface area contributed by atoms with Gasteiger partial charge in [0.05, 0.1) is 29.4 Å². The molecule has 1 aliphatic carbocycles. The van der Waals surface area contributed by atoms with Gasteiger partial charge < -0.3 is 10.2 Å². The fourth-order valence-electron chi connectivity index (χ4n) is 4.06. The summed E-state index contributed by atoms with van der Waals surface area (Å²) in [5, 5.41) is 20.5. The Morgan fingerprint density at radius 1 is 1.14 bits per heavy atom. The van der Waals surface area contributed by atoms with E-state index < -0.39 is 12.2 Å². The predicted molar refractivity (Wildman–Crippen MR) is 107 cm³/mol. The smallest absolute Gasteiger partial charge is 0.330 e. The first-order chi connectivity index (χ1) is 13.9. The van der Waals surface area contributed by atoms with Gasteiger partial charge in [0.2, 0.25) is 5.95 Å². The molecule has 1 aromatic carbocycles. The van der Waals surface area contributed by atoms with Crippen LogP contribution in [0.2, 0.25) is 5.02 Å². The van der Waals surface area contributed by atoms with Crippen molar-refractivity contribution in [3.63, 3.8) is 0 Å². The molecule has 1 aliphatic rings. The minimum absolute atomic E-state index is 0.224. The second kappa shape index (κ2) is 6.65. The number of aromatic nitrogens is 6. The van der Waals surface area contributed by atoms with Crippen LogP contribution in [0.25, 0.3) is 28.1 Å². The van der Waals surface area contributed by atoms with Crippen LogP contribution in [0.15, 0.2) is 35.5 Å². The molecule has 3 atom stereocenters. The monoisotopic (exact) mass is 414 g/mol. The van der Waals surface area contributed by atoms with E-state index in [4.69, 9.17) is 11.6 Å². The first kappa shape index (κ1) is 18.3. The molecular weight excluding hydrogens is 396 g/mol. The number of fused-ring (bicyclic) bond motifs is 2. The second-order valence-corrected chi connectivity index (χ2v) is 7.88. The topological polar surface area (TPSA) is 111 Å². The van der Waals surface area contributed by atoms with Crippen molar-refractivity contribution in [1.29, 1.82) is 0 Å². The molecule has 150 valence electrons. The Bertz CT molecular complexity index is 1290. The largest absolute Gasteiger partial charge is 0.390 e. The van der Waals surface area contributed by atoms with E-state index in [1.54, 1.807) is 40.8 Å². The van der Waals surface area contributed by atoms with E-state index in [0.29, 0.717) is 41.4 Å². The van der Waals surface area contributed by atoms with Gasteiger partial charge in [-0.2, -0.15) is 4.98 Å². The van der Waals surface area contributed by atoms with Crippen molar-refractivity contribution in [2.24, 2.45) is 7.05 Å². The molecule has 9 nitrogen and oxygen atoms in total. The van der Waals surface area contributed by atoms with Crippen molar-refractivity contribution in [1.82, 2.24) is 28.7 Å². The molecule has 1 fully saturated rings. The number of nitrogens with zero attached hydrogens (tertiary/aromatic N) is 6. The third kappa shape index (κ3) is 2.85. The van der Waals surface area contributed by atoms with Crippen molar-refractivity contribution in [2.75, 3.05) is 0 Å². The predicted octanol–water partition coefficient (Wildman–Crippen LogP) is 1.57. The van der Waals surface area contributed by atoms with Crippen LogP contribution in [-0.4, -0.2) is 51.1 Å². The number of benzene rings is 1. The van der Waals surface area contributed by atoms with E-state index in [9.17, 15) is 15.0 Å². The second-order valence-electron chi connectivity index (χ2n) is 7.44. The lowest BCUT2D eigenvalue weighted by Crippen LogP contribution is -2.37. The van der Waals surface area contributed by atoms with Crippen molar-refractivity contribution in [2.45, 2.75) is 37.5 Å². The highest BCUT2D eigenvalue weighted by Gasteiger charge is 2.31. The summed E-state index contributed by atoms with van der Waals surface area (Å²) in [5.74, 6) is 0.373. The Hall–Kier alpha value is -2.75. The molecule has 0 unspecified atom stereocenters. The van der Waals surface area contributed by atoms with Gasteiger partial charge >= 0.3 is 5.69 Å².